The molecule has 0 saturated carbocycles. The maximum absolute atomic E-state index is 12.6. The molecular formula is C29H42N2O4. The van der Waals surface area contributed by atoms with E-state index in [0.717, 1.165) is 31.2 Å². The fourth-order valence-electron chi connectivity index (χ4n) is 3.88. The maximum atomic E-state index is 12.6. The van der Waals surface area contributed by atoms with Gasteiger partial charge in [0.15, 0.2) is 0 Å². The first-order valence-corrected chi connectivity index (χ1v) is 12.4. The van der Waals surface area contributed by atoms with Crippen LogP contribution in [0.5, 0.6) is 0 Å². The summed E-state index contributed by atoms with van der Waals surface area (Å²) in [6.45, 7) is 11.9. The third kappa shape index (κ3) is 10.1. The van der Waals surface area contributed by atoms with Crippen molar-refractivity contribution in [3.63, 3.8) is 0 Å². The van der Waals surface area contributed by atoms with E-state index >= 15 is 0 Å². The molecule has 3 N–H and O–H groups in total. The lowest BCUT2D eigenvalue weighted by molar-refractivity contribution is -0.113. The summed E-state index contributed by atoms with van der Waals surface area (Å²) in [7, 11) is 0. The zero-order valence-electron chi connectivity index (χ0n) is 22.1. The number of benzene rings is 1. The van der Waals surface area contributed by atoms with Crippen molar-refractivity contribution in [3.8, 4) is 0 Å². The highest BCUT2D eigenvalue weighted by atomic mass is 16.6. The average Bonchev–Trinajstić information content (AvgIpc) is 2.77. The van der Waals surface area contributed by atoms with Gasteiger partial charge in [-0.25, -0.2) is 4.79 Å². The minimum Gasteiger partial charge on any atom is -0.444 e. The van der Waals surface area contributed by atoms with Crippen molar-refractivity contribution >= 4 is 17.7 Å². The molecule has 2 rings (SSSR count). The lowest BCUT2D eigenvalue weighted by Gasteiger charge is -2.27. The van der Waals surface area contributed by atoms with Crippen LogP contribution in [0.15, 0.2) is 59.7 Å². The molecule has 192 valence electrons. The monoisotopic (exact) mass is 482 g/mol. The van der Waals surface area contributed by atoms with Crippen LogP contribution in [-0.2, 0) is 14.9 Å². The summed E-state index contributed by atoms with van der Waals surface area (Å²) in [5.74, 6) is 0.294. The molecule has 6 heteroatoms. The molecule has 1 aliphatic rings. The quantitative estimate of drug-likeness (QED) is 0.280. The fraction of sp³-hybridized carbons (Fsp3) is 0.517. The maximum Gasteiger partial charge on any atom is 0.407 e. The lowest BCUT2D eigenvalue weighted by atomic mass is 9.84. The number of alkyl carbamates (subject to hydrolysis) is 1. The second-order valence-electron chi connectivity index (χ2n) is 10.9. The van der Waals surface area contributed by atoms with Gasteiger partial charge >= 0.3 is 6.09 Å². The first-order valence-electron chi connectivity index (χ1n) is 12.4. The van der Waals surface area contributed by atoms with E-state index in [1.54, 1.807) is 0 Å². The van der Waals surface area contributed by atoms with Crippen molar-refractivity contribution in [2.45, 2.75) is 78.2 Å². The Balaban J connectivity index is 1.87. The highest BCUT2D eigenvalue weighted by molar-refractivity contribution is 6.03. The van der Waals surface area contributed by atoms with Gasteiger partial charge in [0.1, 0.15) is 5.60 Å². The molecule has 1 aromatic rings. The van der Waals surface area contributed by atoms with Crippen molar-refractivity contribution in [2.24, 2.45) is 5.92 Å². The third-order valence-electron chi connectivity index (χ3n) is 5.91. The second kappa shape index (κ2) is 12.7. The highest BCUT2D eigenvalue weighted by Crippen LogP contribution is 2.25. The third-order valence-corrected chi connectivity index (χ3v) is 5.91. The van der Waals surface area contributed by atoms with E-state index in [-0.39, 0.29) is 17.9 Å². The zero-order valence-corrected chi connectivity index (χ0v) is 22.1. The van der Waals surface area contributed by atoms with Crippen LogP contribution in [0.3, 0.4) is 0 Å². The number of rotatable bonds is 10. The van der Waals surface area contributed by atoms with Crippen LogP contribution in [0.1, 0.15) is 72.8 Å². The summed E-state index contributed by atoms with van der Waals surface area (Å²) in [6.07, 6.45) is 11.7. The van der Waals surface area contributed by atoms with Crippen LogP contribution in [0.4, 0.5) is 10.5 Å². The molecular weight excluding hydrogens is 440 g/mol. The first kappa shape index (κ1) is 28.4. The van der Waals surface area contributed by atoms with E-state index in [1.807, 2.05) is 65.0 Å². The predicted octanol–water partition coefficient (Wildman–Crippen LogP) is 6.04. The van der Waals surface area contributed by atoms with Crippen LogP contribution in [-0.4, -0.2) is 35.9 Å². The van der Waals surface area contributed by atoms with Crippen LogP contribution < -0.4 is 10.6 Å². The smallest absolute Gasteiger partial charge is 0.407 e. The Morgan fingerprint density at radius 3 is 2.43 bits per heavy atom. The summed E-state index contributed by atoms with van der Waals surface area (Å²) in [5, 5.41) is 15.4. The van der Waals surface area contributed by atoms with E-state index in [2.05, 4.69) is 35.8 Å². The normalized spacial score (nSPS) is 16.5. The summed E-state index contributed by atoms with van der Waals surface area (Å²) in [4.78, 5) is 24.6. The van der Waals surface area contributed by atoms with E-state index in [9.17, 15) is 14.7 Å². The molecule has 0 bridgehead atoms. The van der Waals surface area contributed by atoms with Gasteiger partial charge in [0.05, 0.1) is 6.61 Å². The summed E-state index contributed by atoms with van der Waals surface area (Å²) < 4.78 is 5.31. The SMILES string of the molecule is CC1C=CC=C(CCC/C=C(\CO)C(=O)Nc2ccc(C(C)(C)CNC(=O)OC(C)(C)C)cc2)C1. The minimum absolute atomic E-state index is 0.292. The molecule has 1 atom stereocenters. The van der Waals surface area contributed by atoms with Gasteiger partial charge in [0.25, 0.3) is 5.91 Å². The van der Waals surface area contributed by atoms with Crippen LogP contribution >= 0.6 is 0 Å². The van der Waals surface area contributed by atoms with Crippen molar-refractivity contribution < 1.29 is 19.4 Å². The Morgan fingerprint density at radius 2 is 1.83 bits per heavy atom. The van der Waals surface area contributed by atoms with E-state index in [1.165, 1.54) is 5.57 Å². The number of carbonyl (C=O) groups excluding carboxylic acids is 2. The topological polar surface area (TPSA) is 87.7 Å². The summed E-state index contributed by atoms with van der Waals surface area (Å²) in [6, 6.07) is 7.54. The van der Waals surface area contributed by atoms with Gasteiger partial charge < -0.3 is 20.5 Å². The number of ether oxygens (including phenoxy) is 1. The largest absolute Gasteiger partial charge is 0.444 e. The zero-order chi connectivity index (χ0) is 26.1. The number of anilines is 1. The van der Waals surface area contributed by atoms with Gasteiger partial charge in [0, 0.05) is 23.2 Å². The molecule has 0 fully saturated rings. The highest BCUT2D eigenvalue weighted by Gasteiger charge is 2.23. The van der Waals surface area contributed by atoms with Gasteiger partial charge in [-0.3, -0.25) is 4.79 Å². The Labute approximate surface area is 210 Å². The molecule has 6 nitrogen and oxygen atoms in total. The van der Waals surface area contributed by atoms with E-state index in [0.29, 0.717) is 23.7 Å². The van der Waals surface area contributed by atoms with Gasteiger partial charge in [-0.1, -0.05) is 62.8 Å². The predicted molar refractivity (Wildman–Crippen MR) is 142 cm³/mol. The summed E-state index contributed by atoms with van der Waals surface area (Å²) >= 11 is 0. The van der Waals surface area contributed by atoms with Crippen molar-refractivity contribution in [3.05, 3.63) is 65.3 Å². The molecule has 1 unspecified atom stereocenters. The molecule has 2 amide bonds. The van der Waals surface area contributed by atoms with Crippen molar-refractivity contribution in [1.82, 2.24) is 5.32 Å². The number of amides is 2. The molecule has 0 saturated heterocycles. The first-order chi connectivity index (χ1) is 16.4. The molecule has 1 aliphatic carbocycles. The molecule has 0 heterocycles. The molecule has 35 heavy (non-hydrogen) atoms. The molecule has 0 aliphatic heterocycles. The Kier molecular flexibility index (Phi) is 10.3. The van der Waals surface area contributed by atoms with Crippen LogP contribution in [0.2, 0.25) is 0 Å². The average molecular weight is 483 g/mol. The number of carbonyl (C=O) groups is 2. The molecule has 0 aromatic heterocycles. The van der Waals surface area contributed by atoms with E-state index < -0.39 is 11.7 Å². The van der Waals surface area contributed by atoms with Crippen molar-refractivity contribution in [2.75, 3.05) is 18.5 Å². The number of hydrogen-bond donors (Lipinski definition) is 3. The lowest BCUT2D eigenvalue weighted by Crippen LogP contribution is -2.39. The standard InChI is InChI=1S/C29H42N2O4/c1-21-10-9-12-22(18-21)11-7-8-13-23(19-32)26(33)31-25-16-14-24(15-17-25)29(5,6)20-30-27(34)35-28(2,3)4/h9-10,12-17,21,32H,7-8,11,18-20H2,1-6H3,(H,30,34)(H,31,33)/b23-13+. The van der Waals surface area contributed by atoms with E-state index in [4.69, 9.17) is 4.74 Å². The number of unbranched alkanes of at least 4 members (excludes halogenated alkanes) is 1. The number of aliphatic hydroxyl groups excluding tert-OH is 1. The van der Waals surface area contributed by atoms with Gasteiger partial charge in [-0.05, 0) is 70.1 Å². The molecule has 0 spiro atoms. The van der Waals surface area contributed by atoms with Gasteiger partial charge in [-0.2, -0.15) is 0 Å². The van der Waals surface area contributed by atoms with Crippen LogP contribution in [0, 0.1) is 5.92 Å². The second-order valence-corrected chi connectivity index (χ2v) is 10.9. The summed E-state index contributed by atoms with van der Waals surface area (Å²) in [5.41, 5.74) is 2.62. The number of nitrogens with one attached hydrogen (secondary N) is 2. The van der Waals surface area contributed by atoms with Gasteiger partial charge in [0.2, 0.25) is 0 Å². The number of aliphatic hydroxyl groups is 1. The Morgan fingerprint density at radius 1 is 1.14 bits per heavy atom. The molecule has 1 aromatic carbocycles. The fourth-order valence-corrected chi connectivity index (χ4v) is 3.88. The Hall–Kier alpha value is -2.86. The Bertz CT molecular complexity index is 950. The number of allylic oxidation sites excluding steroid dienone is 5. The minimum atomic E-state index is -0.542. The van der Waals surface area contributed by atoms with Crippen molar-refractivity contribution in [1.29, 1.82) is 0 Å². The van der Waals surface area contributed by atoms with Crippen LogP contribution in [0.25, 0.3) is 0 Å². The molecule has 0 radical (unpaired) electrons. The van der Waals surface area contributed by atoms with Gasteiger partial charge in [-0.15, -0.1) is 0 Å². The number of hydrogen-bond acceptors (Lipinski definition) is 4.